The first-order valence-electron chi connectivity index (χ1n) is 11.4. The van der Waals surface area contributed by atoms with Gasteiger partial charge in [-0.1, -0.05) is 34.1 Å². The number of rotatable bonds is 5. The van der Waals surface area contributed by atoms with Crippen molar-refractivity contribution >= 4 is 27.6 Å². The number of carbonyl (C=O) groups excluding carboxylic acids is 1. The molecule has 6 rings (SSSR count). The summed E-state index contributed by atoms with van der Waals surface area (Å²) in [4.78, 5) is 12.4. The number of ether oxygens (including phenoxy) is 3. The number of fused-ring (bicyclic) bond motifs is 3. The topological polar surface area (TPSA) is 73.5 Å². The van der Waals surface area contributed by atoms with Crippen molar-refractivity contribution < 1.29 is 23.4 Å². The Morgan fingerprint density at radius 3 is 2.58 bits per heavy atom. The molecule has 3 aromatic carbocycles. The Bertz CT molecular complexity index is 1440. The van der Waals surface area contributed by atoms with Gasteiger partial charge >= 0.3 is 5.97 Å². The van der Waals surface area contributed by atoms with E-state index < -0.39 is 12.2 Å². The van der Waals surface area contributed by atoms with Crippen molar-refractivity contribution in [3.8, 4) is 17.2 Å². The SMILES string of the molecule is COc1cc(Br)cc2c1O[C@H](c1ccc(OC(=O)c3ccccc3)cc1)N1N=C(c3ccco3)C[C@H]21. The van der Waals surface area contributed by atoms with E-state index in [-0.39, 0.29) is 6.04 Å². The highest BCUT2D eigenvalue weighted by atomic mass is 79.9. The third-order valence-corrected chi connectivity index (χ3v) is 6.69. The summed E-state index contributed by atoms with van der Waals surface area (Å²) in [5.41, 5.74) is 3.18. The zero-order chi connectivity index (χ0) is 24.6. The Labute approximate surface area is 216 Å². The second-order valence-corrected chi connectivity index (χ2v) is 9.36. The van der Waals surface area contributed by atoms with Gasteiger partial charge in [0.05, 0.1) is 25.0 Å². The highest BCUT2D eigenvalue weighted by Gasteiger charge is 2.43. The van der Waals surface area contributed by atoms with Crippen molar-refractivity contribution in [2.45, 2.75) is 18.7 Å². The van der Waals surface area contributed by atoms with Crippen molar-refractivity contribution in [1.29, 1.82) is 0 Å². The van der Waals surface area contributed by atoms with E-state index in [1.807, 2.05) is 47.5 Å². The van der Waals surface area contributed by atoms with E-state index in [4.69, 9.17) is 23.7 Å². The fourth-order valence-corrected chi connectivity index (χ4v) is 4.98. The molecule has 0 saturated carbocycles. The number of carbonyl (C=O) groups is 1. The van der Waals surface area contributed by atoms with Crippen LogP contribution in [-0.2, 0) is 0 Å². The first kappa shape index (κ1) is 22.4. The van der Waals surface area contributed by atoms with Crippen molar-refractivity contribution in [1.82, 2.24) is 5.01 Å². The molecular weight excluding hydrogens is 524 g/mol. The molecule has 0 amide bonds. The van der Waals surface area contributed by atoms with Gasteiger partial charge in [0.2, 0.25) is 6.23 Å². The molecule has 0 bridgehead atoms. The van der Waals surface area contributed by atoms with E-state index in [0.717, 1.165) is 27.1 Å². The lowest BCUT2D eigenvalue weighted by molar-refractivity contribution is -0.0209. The first-order chi connectivity index (χ1) is 17.6. The summed E-state index contributed by atoms with van der Waals surface area (Å²) in [6.45, 7) is 0. The number of hydrogen-bond acceptors (Lipinski definition) is 7. The average molecular weight is 545 g/mol. The highest BCUT2D eigenvalue weighted by molar-refractivity contribution is 9.10. The van der Waals surface area contributed by atoms with Gasteiger partial charge in [-0.2, -0.15) is 5.10 Å². The van der Waals surface area contributed by atoms with Crippen LogP contribution in [0.4, 0.5) is 0 Å². The molecule has 0 radical (unpaired) electrons. The van der Waals surface area contributed by atoms with E-state index in [0.29, 0.717) is 29.2 Å². The summed E-state index contributed by atoms with van der Waals surface area (Å²) >= 11 is 3.59. The number of halogens is 1. The standard InChI is InChI=1S/C28H21BrN2O5/c1-33-25-15-19(29)14-21-23-16-22(24-8-5-13-34-24)30-31(23)27(36-26(21)25)17-9-11-20(12-10-17)35-28(32)18-6-3-2-4-7-18/h2-15,23,27H,16H2,1H3/t23-,27-/m1/s1. The van der Waals surface area contributed by atoms with Crippen LogP contribution in [0.5, 0.6) is 17.2 Å². The summed E-state index contributed by atoms with van der Waals surface area (Å²) in [5.74, 6) is 2.10. The number of nitrogens with zero attached hydrogens (tertiary/aromatic N) is 2. The van der Waals surface area contributed by atoms with Crippen molar-refractivity contribution in [3.63, 3.8) is 0 Å². The van der Waals surface area contributed by atoms with Crippen molar-refractivity contribution in [2.75, 3.05) is 7.11 Å². The monoisotopic (exact) mass is 544 g/mol. The molecule has 180 valence electrons. The molecule has 36 heavy (non-hydrogen) atoms. The molecule has 2 atom stereocenters. The molecule has 0 spiro atoms. The van der Waals surface area contributed by atoms with Crippen LogP contribution in [0.25, 0.3) is 0 Å². The van der Waals surface area contributed by atoms with Gasteiger partial charge in [-0.3, -0.25) is 0 Å². The van der Waals surface area contributed by atoms with Gasteiger partial charge in [0, 0.05) is 22.0 Å². The second-order valence-electron chi connectivity index (χ2n) is 8.45. The smallest absolute Gasteiger partial charge is 0.343 e. The van der Waals surface area contributed by atoms with E-state index in [1.165, 1.54) is 0 Å². The van der Waals surface area contributed by atoms with Crippen LogP contribution in [0, 0.1) is 0 Å². The molecule has 2 aliphatic rings. The lowest BCUT2D eigenvalue weighted by atomic mass is 9.97. The molecule has 0 N–H and O–H groups in total. The predicted molar refractivity (Wildman–Crippen MR) is 136 cm³/mol. The minimum absolute atomic E-state index is 0.0687. The van der Waals surface area contributed by atoms with Gasteiger partial charge in [-0.05, 0) is 60.7 Å². The summed E-state index contributed by atoms with van der Waals surface area (Å²) in [6.07, 6.45) is 1.79. The minimum Gasteiger partial charge on any atom is -0.493 e. The number of hydrogen-bond donors (Lipinski definition) is 0. The Balaban J connectivity index is 1.34. The molecule has 7 nitrogen and oxygen atoms in total. The van der Waals surface area contributed by atoms with Crippen molar-refractivity contribution in [2.24, 2.45) is 5.10 Å². The zero-order valence-corrected chi connectivity index (χ0v) is 20.8. The molecular formula is C28H21BrN2O5. The van der Waals surface area contributed by atoms with Gasteiger partial charge in [0.25, 0.3) is 0 Å². The molecule has 8 heteroatoms. The third kappa shape index (κ3) is 4.03. The normalized spacial score (nSPS) is 18.1. The maximum atomic E-state index is 12.4. The summed E-state index contributed by atoms with van der Waals surface area (Å²) in [6, 6.07) is 23.8. The molecule has 3 heterocycles. The van der Waals surface area contributed by atoms with Crippen LogP contribution in [0.3, 0.4) is 0 Å². The van der Waals surface area contributed by atoms with Crippen LogP contribution < -0.4 is 14.2 Å². The number of hydrazone groups is 1. The zero-order valence-electron chi connectivity index (χ0n) is 19.3. The van der Waals surface area contributed by atoms with E-state index in [1.54, 1.807) is 49.8 Å². The highest BCUT2D eigenvalue weighted by Crippen LogP contribution is 2.51. The molecule has 0 aliphatic carbocycles. The lowest BCUT2D eigenvalue weighted by Crippen LogP contribution is -2.34. The first-order valence-corrected chi connectivity index (χ1v) is 12.2. The summed E-state index contributed by atoms with van der Waals surface area (Å²) in [5, 5.41) is 6.85. The number of esters is 1. The van der Waals surface area contributed by atoms with E-state index in [9.17, 15) is 4.79 Å². The van der Waals surface area contributed by atoms with Gasteiger partial charge in [0.1, 0.15) is 17.2 Å². The van der Waals surface area contributed by atoms with Crippen LogP contribution in [0.2, 0.25) is 0 Å². The fourth-order valence-electron chi connectivity index (χ4n) is 4.53. The summed E-state index contributed by atoms with van der Waals surface area (Å²) in [7, 11) is 1.63. The molecule has 0 fully saturated rings. The third-order valence-electron chi connectivity index (χ3n) is 6.23. The van der Waals surface area contributed by atoms with Crippen LogP contribution >= 0.6 is 15.9 Å². The van der Waals surface area contributed by atoms with Crippen LogP contribution in [0.1, 0.15) is 45.9 Å². The lowest BCUT2D eigenvalue weighted by Gasteiger charge is -2.38. The van der Waals surface area contributed by atoms with Gasteiger partial charge in [-0.15, -0.1) is 0 Å². The van der Waals surface area contributed by atoms with Gasteiger partial charge < -0.3 is 18.6 Å². The Hall–Kier alpha value is -4.04. The Morgan fingerprint density at radius 1 is 1.06 bits per heavy atom. The van der Waals surface area contributed by atoms with Gasteiger partial charge in [-0.25, -0.2) is 9.80 Å². The Kier molecular flexibility index (Phi) is 5.73. The van der Waals surface area contributed by atoms with Crippen LogP contribution in [0.15, 0.2) is 99.1 Å². The van der Waals surface area contributed by atoms with Gasteiger partial charge in [0.15, 0.2) is 11.5 Å². The van der Waals surface area contributed by atoms with Crippen molar-refractivity contribution in [3.05, 3.63) is 112 Å². The van der Waals surface area contributed by atoms with E-state index >= 15 is 0 Å². The molecule has 1 aromatic heterocycles. The molecule has 0 unspecified atom stereocenters. The fraction of sp³-hybridized carbons (Fsp3) is 0.143. The Morgan fingerprint density at radius 2 is 1.86 bits per heavy atom. The maximum Gasteiger partial charge on any atom is 0.343 e. The number of benzene rings is 3. The number of furan rings is 1. The average Bonchev–Trinajstić information content (AvgIpc) is 3.59. The van der Waals surface area contributed by atoms with Crippen LogP contribution in [-0.4, -0.2) is 23.8 Å². The maximum absolute atomic E-state index is 12.4. The minimum atomic E-state index is -0.510. The predicted octanol–water partition coefficient (Wildman–Crippen LogP) is 6.51. The quantitative estimate of drug-likeness (QED) is 0.210. The second kappa shape index (κ2) is 9.20. The van der Waals surface area contributed by atoms with E-state index in [2.05, 4.69) is 15.9 Å². The molecule has 2 aliphatic heterocycles. The summed E-state index contributed by atoms with van der Waals surface area (Å²) < 4.78 is 24.2. The number of methoxy groups -OCH3 is 1. The largest absolute Gasteiger partial charge is 0.493 e. The molecule has 0 saturated heterocycles. The molecule has 4 aromatic rings.